The largest absolute Gasteiger partial charge is 0.382 e. The number of aliphatic hydroxyl groups is 1. The molecule has 0 bridgehead atoms. The maximum atomic E-state index is 9.21. The standard InChI is InChI=1S/C7H13N3O3/c1-2-12-4-6-9-7(13-10-6)5(11)3-8/h5,11H,2-4,8H2,1H3/t5-/m0/s1. The van der Waals surface area contributed by atoms with Crippen molar-refractivity contribution in [3.05, 3.63) is 11.7 Å². The van der Waals surface area contributed by atoms with Gasteiger partial charge < -0.3 is 20.1 Å². The molecule has 1 aromatic heterocycles. The van der Waals surface area contributed by atoms with Crippen molar-refractivity contribution < 1.29 is 14.4 Å². The highest BCUT2D eigenvalue weighted by molar-refractivity contribution is 4.88. The van der Waals surface area contributed by atoms with Crippen LogP contribution in [-0.2, 0) is 11.3 Å². The molecule has 1 aromatic rings. The number of hydrogen-bond acceptors (Lipinski definition) is 6. The van der Waals surface area contributed by atoms with E-state index in [0.29, 0.717) is 12.4 Å². The molecule has 1 rings (SSSR count). The molecule has 0 fully saturated rings. The van der Waals surface area contributed by atoms with Crippen molar-refractivity contribution in [1.29, 1.82) is 0 Å². The fourth-order valence-corrected chi connectivity index (χ4v) is 0.756. The fourth-order valence-electron chi connectivity index (χ4n) is 0.756. The van der Waals surface area contributed by atoms with Crippen molar-refractivity contribution in [2.75, 3.05) is 13.2 Å². The van der Waals surface area contributed by atoms with Crippen LogP contribution in [0, 0.1) is 0 Å². The highest BCUT2D eigenvalue weighted by Crippen LogP contribution is 2.08. The van der Waals surface area contributed by atoms with E-state index >= 15 is 0 Å². The van der Waals surface area contributed by atoms with Crippen LogP contribution in [0.1, 0.15) is 24.7 Å². The molecule has 0 spiro atoms. The third-order valence-electron chi connectivity index (χ3n) is 1.43. The molecule has 0 amide bonds. The Labute approximate surface area is 75.7 Å². The monoisotopic (exact) mass is 187 g/mol. The van der Waals surface area contributed by atoms with Gasteiger partial charge in [-0.1, -0.05) is 5.16 Å². The average molecular weight is 187 g/mol. The molecule has 0 unspecified atom stereocenters. The number of ether oxygens (including phenoxy) is 1. The van der Waals surface area contributed by atoms with E-state index in [-0.39, 0.29) is 19.0 Å². The molecular formula is C7H13N3O3. The first-order valence-corrected chi connectivity index (χ1v) is 4.06. The Morgan fingerprint density at radius 2 is 2.46 bits per heavy atom. The third kappa shape index (κ3) is 2.76. The molecule has 1 atom stereocenters. The van der Waals surface area contributed by atoms with E-state index in [0.717, 1.165) is 0 Å². The van der Waals surface area contributed by atoms with Crippen molar-refractivity contribution in [3.63, 3.8) is 0 Å². The van der Waals surface area contributed by atoms with Crippen LogP contribution in [0.5, 0.6) is 0 Å². The van der Waals surface area contributed by atoms with Crippen molar-refractivity contribution in [2.45, 2.75) is 19.6 Å². The van der Waals surface area contributed by atoms with Gasteiger partial charge in [0.25, 0.3) is 5.89 Å². The van der Waals surface area contributed by atoms with Crippen molar-refractivity contribution in [2.24, 2.45) is 5.73 Å². The lowest BCUT2D eigenvalue weighted by Crippen LogP contribution is -2.11. The Morgan fingerprint density at radius 3 is 3.08 bits per heavy atom. The predicted molar refractivity (Wildman–Crippen MR) is 43.6 cm³/mol. The normalized spacial score (nSPS) is 13.2. The van der Waals surface area contributed by atoms with Crippen molar-refractivity contribution in [3.8, 4) is 0 Å². The van der Waals surface area contributed by atoms with Crippen LogP contribution in [0.15, 0.2) is 4.52 Å². The van der Waals surface area contributed by atoms with Crippen LogP contribution in [0.4, 0.5) is 0 Å². The summed E-state index contributed by atoms with van der Waals surface area (Å²) in [6, 6.07) is 0. The van der Waals surface area contributed by atoms with E-state index in [2.05, 4.69) is 10.1 Å². The molecule has 0 saturated heterocycles. The van der Waals surface area contributed by atoms with Gasteiger partial charge in [-0.25, -0.2) is 0 Å². The first-order chi connectivity index (χ1) is 6.27. The highest BCUT2D eigenvalue weighted by Gasteiger charge is 2.13. The molecule has 1 heterocycles. The molecular weight excluding hydrogens is 174 g/mol. The Balaban J connectivity index is 2.53. The van der Waals surface area contributed by atoms with E-state index in [1.54, 1.807) is 0 Å². The molecule has 0 saturated carbocycles. The molecule has 0 aromatic carbocycles. The summed E-state index contributed by atoms with van der Waals surface area (Å²) in [6.07, 6.45) is -0.886. The number of nitrogens with two attached hydrogens (primary N) is 1. The summed E-state index contributed by atoms with van der Waals surface area (Å²) < 4.78 is 9.79. The zero-order valence-corrected chi connectivity index (χ0v) is 7.43. The third-order valence-corrected chi connectivity index (χ3v) is 1.43. The second-order valence-electron chi connectivity index (χ2n) is 2.44. The van der Waals surface area contributed by atoms with Crippen LogP contribution >= 0.6 is 0 Å². The molecule has 0 aliphatic heterocycles. The molecule has 74 valence electrons. The summed E-state index contributed by atoms with van der Waals surface area (Å²) in [5.41, 5.74) is 5.20. The van der Waals surface area contributed by atoms with Gasteiger partial charge in [0.15, 0.2) is 5.82 Å². The van der Waals surface area contributed by atoms with Gasteiger partial charge in [-0.15, -0.1) is 0 Å². The van der Waals surface area contributed by atoms with Gasteiger partial charge in [0.2, 0.25) is 0 Å². The minimum absolute atomic E-state index is 0.0657. The number of aromatic nitrogens is 2. The topological polar surface area (TPSA) is 94.4 Å². The Morgan fingerprint density at radius 1 is 1.69 bits per heavy atom. The average Bonchev–Trinajstić information content (AvgIpc) is 2.62. The summed E-state index contributed by atoms with van der Waals surface area (Å²) in [5.74, 6) is 0.557. The molecule has 0 radical (unpaired) electrons. The number of aliphatic hydroxyl groups excluding tert-OH is 1. The molecule has 0 aliphatic rings. The molecule has 0 aliphatic carbocycles. The van der Waals surface area contributed by atoms with Gasteiger partial charge in [-0.2, -0.15) is 4.98 Å². The zero-order valence-electron chi connectivity index (χ0n) is 7.43. The molecule has 6 nitrogen and oxygen atoms in total. The van der Waals surface area contributed by atoms with Gasteiger partial charge in [-0.3, -0.25) is 0 Å². The van der Waals surface area contributed by atoms with Crippen LogP contribution in [-0.4, -0.2) is 28.4 Å². The fraction of sp³-hybridized carbons (Fsp3) is 0.714. The number of hydrogen-bond donors (Lipinski definition) is 2. The summed E-state index contributed by atoms with van der Waals surface area (Å²) in [7, 11) is 0. The van der Waals surface area contributed by atoms with Crippen LogP contribution < -0.4 is 5.73 Å². The maximum Gasteiger partial charge on any atom is 0.256 e. The van der Waals surface area contributed by atoms with Crippen molar-refractivity contribution in [1.82, 2.24) is 10.1 Å². The highest BCUT2D eigenvalue weighted by atomic mass is 16.5. The number of nitrogens with zero attached hydrogens (tertiary/aromatic N) is 2. The smallest absolute Gasteiger partial charge is 0.256 e. The first-order valence-electron chi connectivity index (χ1n) is 4.06. The SMILES string of the molecule is CCOCc1noc([C@@H](O)CN)n1. The minimum atomic E-state index is -0.886. The summed E-state index contributed by atoms with van der Waals surface area (Å²) in [6.45, 7) is 2.81. The van der Waals surface area contributed by atoms with Gasteiger partial charge in [0, 0.05) is 13.2 Å². The van der Waals surface area contributed by atoms with Gasteiger partial charge in [0.1, 0.15) is 12.7 Å². The lowest BCUT2D eigenvalue weighted by atomic mass is 10.4. The summed E-state index contributed by atoms with van der Waals surface area (Å²) in [4.78, 5) is 3.89. The van der Waals surface area contributed by atoms with E-state index in [1.807, 2.05) is 6.92 Å². The Kier molecular flexibility index (Phi) is 3.81. The van der Waals surface area contributed by atoms with E-state index in [9.17, 15) is 5.11 Å². The summed E-state index contributed by atoms with van der Waals surface area (Å²) in [5, 5.41) is 12.8. The Hall–Kier alpha value is -0.980. The van der Waals surface area contributed by atoms with Crippen molar-refractivity contribution >= 4 is 0 Å². The Bertz CT molecular complexity index is 251. The van der Waals surface area contributed by atoms with Gasteiger partial charge >= 0.3 is 0 Å². The van der Waals surface area contributed by atoms with Gasteiger partial charge in [-0.05, 0) is 6.92 Å². The van der Waals surface area contributed by atoms with E-state index < -0.39 is 6.10 Å². The zero-order chi connectivity index (χ0) is 9.68. The predicted octanol–water partition coefficient (Wildman–Crippen LogP) is -0.402. The van der Waals surface area contributed by atoms with E-state index in [1.165, 1.54) is 0 Å². The van der Waals surface area contributed by atoms with E-state index in [4.69, 9.17) is 15.0 Å². The minimum Gasteiger partial charge on any atom is -0.382 e. The summed E-state index contributed by atoms with van der Waals surface area (Å²) >= 11 is 0. The number of rotatable bonds is 5. The van der Waals surface area contributed by atoms with Crippen LogP contribution in [0.25, 0.3) is 0 Å². The second kappa shape index (κ2) is 4.90. The second-order valence-corrected chi connectivity index (χ2v) is 2.44. The molecule has 6 heteroatoms. The lowest BCUT2D eigenvalue weighted by molar-refractivity contribution is 0.125. The van der Waals surface area contributed by atoms with Gasteiger partial charge in [0.05, 0.1) is 0 Å². The van der Waals surface area contributed by atoms with Crippen LogP contribution in [0.2, 0.25) is 0 Å². The van der Waals surface area contributed by atoms with Crippen LogP contribution in [0.3, 0.4) is 0 Å². The molecule has 3 N–H and O–H groups in total. The molecule has 13 heavy (non-hydrogen) atoms. The quantitative estimate of drug-likeness (QED) is 0.651. The first kappa shape index (κ1) is 10.1. The lowest BCUT2D eigenvalue weighted by Gasteiger charge is -1.98. The maximum absolute atomic E-state index is 9.21.